The van der Waals surface area contributed by atoms with Crippen molar-refractivity contribution in [3.63, 3.8) is 0 Å². The number of anilines is 3. The fourth-order valence-corrected chi connectivity index (χ4v) is 6.43. The smallest absolute Gasteiger partial charge is 0.456 e. The van der Waals surface area contributed by atoms with Crippen molar-refractivity contribution >= 4 is 42.7 Å². The summed E-state index contributed by atoms with van der Waals surface area (Å²) in [5, 5.41) is 5.46. The molecule has 0 bridgehead atoms. The van der Waals surface area contributed by atoms with Crippen molar-refractivity contribution < 1.29 is 47.1 Å². The molecular weight excluding hydrogens is 658 g/mol. The lowest BCUT2D eigenvalue weighted by atomic mass is 9.77. The summed E-state index contributed by atoms with van der Waals surface area (Å²) >= 11 is 0. The van der Waals surface area contributed by atoms with Crippen molar-refractivity contribution in [2.24, 2.45) is 0 Å². The Morgan fingerprint density at radius 1 is 0.878 bits per heavy atom. The number of nitrogens with two attached hydrogens (primary N) is 2. The summed E-state index contributed by atoms with van der Waals surface area (Å²) in [5.74, 6) is -0.767. The van der Waals surface area contributed by atoms with E-state index in [0.717, 1.165) is 0 Å². The van der Waals surface area contributed by atoms with Gasteiger partial charge in [-0.05, 0) is 67.4 Å². The first-order valence-electron chi connectivity index (χ1n) is 15.3. The number of ether oxygens (including phenoxy) is 2. The van der Waals surface area contributed by atoms with E-state index in [2.05, 4.69) is 15.2 Å². The van der Waals surface area contributed by atoms with Crippen molar-refractivity contribution in [3.05, 3.63) is 106 Å². The normalized spacial score (nSPS) is 13.8. The number of amides is 2. The SMILES string of the molecule is Nc1ccc2c(c1)Oc1cc(N)ccc1C21OC(=O)c2cc(C(=O)NCCCCCC(=O)Nc3ccc(OP(=O)(O)O)c(CF)c3)ccc21. The first-order chi connectivity index (χ1) is 23.4. The lowest BCUT2D eigenvalue weighted by Gasteiger charge is -2.36. The molecule has 0 fully saturated rings. The molecule has 0 aromatic heterocycles. The van der Waals surface area contributed by atoms with Gasteiger partial charge in [-0.25, -0.2) is 13.8 Å². The first kappa shape index (κ1) is 33.5. The predicted octanol–water partition coefficient (Wildman–Crippen LogP) is 5.29. The molecule has 2 amide bonds. The van der Waals surface area contributed by atoms with Gasteiger partial charge in [-0.2, -0.15) is 0 Å². The van der Waals surface area contributed by atoms with Gasteiger partial charge in [0.2, 0.25) is 5.91 Å². The third kappa shape index (κ3) is 6.79. The quantitative estimate of drug-likeness (QED) is 0.0515. The van der Waals surface area contributed by atoms with Gasteiger partial charge in [0.1, 0.15) is 23.9 Å². The van der Waals surface area contributed by atoms with Crippen molar-refractivity contribution in [1.82, 2.24) is 5.32 Å². The molecule has 8 N–H and O–H groups in total. The Hall–Kier alpha value is -5.43. The summed E-state index contributed by atoms with van der Waals surface area (Å²) < 4.78 is 41.1. The number of hydrogen-bond donors (Lipinski definition) is 6. The number of carbonyl (C=O) groups excluding carboxylic acids is 3. The van der Waals surface area contributed by atoms with E-state index in [1.54, 1.807) is 48.5 Å². The van der Waals surface area contributed by atoms with Crippen LogP contribution in [0, 0.1) is 0 Å². The summed E-state index contributed by atoms with van der Waals surface area (Å²) in [6.45, 7) is -0.723. The minimum atomic E-state index is -4.86. The van der Waals surface area contributed by atoms with Crippen LogP contribution < -0.4 is 31.4 Å². The maximum absolute atomic E-state index is 13.3. The van der Waals surface area contributed by atoms with Crippen LogP contribution in [0.3, 0.4) is 0 Å². The third-order valence-electron chi connectivity index (χ3n) is 8.19. The molecule has 2 aliphatic heterocycles. The molecule has 0 atom stereocenters. The largest absolute Gasteiger partial charge is 0.524 e. The van der Waals surface area contributed by atoms with Crippen molar-refractivity contribution in [2.75, 3.05) is 23.3 Å². The number of phosphoric acid groups is 1. The van der Waals surface area contributed by atoms with Crippen molar-refractivity contribution in [1.29, 1.82) is 0 Å². The van der Waals surface area contributed by atoms with E-state index < -0.39 is 26.1 Å². The van der Waals surface area contributed by atoms with E-state index in [0.29, 0.717) is 65.4 Å². The zero-order valence-corrected chi connectivity index (χ0v) is 26.8. The molecule has 0 radical (unpaired) electrons. The summed E-state index contributed by atoms with van der Waals surface area (Å²) in [6.07, 6.45) is 1.86. The van der Waals surface area contributed by atoms with Crippen LogP contribution >= 0.6 is 7.82 Å². The summed E-state index contributed by atoms with van der Waals surface area (Å²) in [7, 11) is -4.86. The van der Waals surface area contributed by atoms with Crippen LogP contribution in [0.5, 0.6) is 17.2 Å². The molecule has 15 heteroatoms. The highest BCUT2D eigenvalue weighted by molar-refractivity contribution is 7.46. The van der Waals surface area contributed by atoms with Gasteiger partial charge >= 0.3 is 13.8 Å². The zero-order valence-electron chi connectivity index (χ0n) is 25.9. The average Bonchev–Trinajstić information content (AvgIpc) is 3.33. The number of nitrogens with one attached hydrogen (secondary N) is 2. The highest BCUT2D eigenvalue weighted by Gasteiger charge is 2.53. The number of nitrogen functional groups attached to an aromatic ring is 2. The van der Waals surface area contributed by atoms with E-state index in [1.165, 1.54) is 24.3 Å². The van der Waals surface area contributed by atoms with Crippen molar-refractivity contribution in [2.45, 2.75) is 38.0 Å². The maximum Gasteiger partial charge on any atom is 0.524 e. The number of phosphoric ester groups is 1. The van der Waals surface area contributed by atoms with E-state index in [9.17, 15) is 23.3 Å². The molecule has 2 heterocycles. The fraction of sp³-hybridized carbons (Fsp3) is 0.206. The Morgan fingerprint density at radius 3 is 2.20 bits per heavy atom. The van der Waals surface area contributed by atoms with Crippen LogP contribution in [0.25, 0.3) is 0 Å². The molecule has 254 valence electrons. The Labute approximate surface area is 279 Å². The summed E-state index contributed by atoms with van der Waals surface area (Å²) in [4.78, 5) is 56.6. The Kier molecular flexibility index (Phi) is 9.04. The van der Waals surface area contributed by atoms with E-state index in [-0.39, 0.29) is 46.4 Å². The monoisotopic (exact) mass is 690 g/mol. The molecule has 4 aromatic rings. The van der Waals surface area contributed by atoms with Crippen LogP contribution in [0.4, 0.5) is 21.5 Å². The van der Waals surface area contributed by atoms with Gasteiger partial charge in [-0.3, -0.25) is 19.4 Å². The van der Waals surface area contributed by atoms with Gasteiger partial charge in [-0.1, -0.05) is 12.5 Å². The molecule has 1 spiro atoms. The second-order valence-electron chi connectivity index (χ2n) is 11.6. The second kappa shape index (κ2) is 13.2. The molecule has 49 heavy (non-hydrogen) atoms. The minimum absolute atomic E-state index is 0.118. The number of unbranched alkanes of at least 4 members (excludes halogenated alkanes) is 2. The second-order valence-corrected chi connectivity index (χ2v) is 12.8. The van der Waals surface area contributed by atoms with Crippen LogP contribution in [0.2, 0.25) is 0 Å². The molecule has 2 aliphatic rings. The summed E-state index contributed by atoms with van der Waals surface area (Å²) in [5.41, 5.74) is 14.1. The molecule has 13 nitrogen and oxygen atoms in total. The lowest BCUT2D eigenvalue weighted by Crippen LogP contribution is -2.33. The number of alkyl halides is 1. The number of carbonyl (C=O) groups is 3. The number of benzene rings is 4. The van der Waals surface area contributed by atoms with Gasteiger partial charge in [0.05, 0.1) is 5.56 Å². The maximum atomic E-state index is 13.3. The topological polar surface area (TPSA) is 213 Å². The molecular formula is C34H32FN4O9P. The highest BCUT2D eigenvalue weighted by atomic mass is 31.2. The Balaban J connectivity index is 1.05. The van der Waals surface area contributed by atoms with Crippen molar-refractivity contribution in [3.8, 4) is 17.2 Å². The lowest BCUT2D eigenvalue weighted by molar-refractivity contribution is -0.116. The van der Waals surface area contributed by atoms with Gasteiger partial charge in [-0.15, -0.1) is 0 Å². The molecule has 6 rings (SSSR count). The van der Waals surface area contributed by atoms with Gasteiger partial charge < -0.3 is 36.1 Å². The minimum Gasteiger partial charge on any atom is -0.456 e. The molecule has 4 aromatic carbocycles. The van der Waals surface area contributed by atoms with E-state index in [4.69, 9.17) is 30.7 Å². The summed E-state index contributed by atoms with van der Waals surface area (Å²) in [6, 6.07) is 18.8. The van der Waals surface area contributed by atoms with Crippen LogP contribution in [0.1, 0.15) is 68.7 Å². The number of halogens is 1. The number of fused-ring (bicyclic) bond motifs is 6. The number of hydrogen-bond acceptors (Lipinski definition) is 9. The van der Waals surface area contributed by atoms with Crippen LogP contribution in [0.15, 0.2) is 72.8 Å². The zero-order chi connectivity index (χ0) is 34.9. The first-order valence-corrected chi connectivity index (χ1v) is 16.8. The van der Waals surface area contributed by atoms with Crippen LogP contribution in [-0.4, -0.2) is 34.1 Å². The van der Waals surface area contributed by atoms with E-state index >= 15 is 0 Å². The Bertz CT molecular complexity index is 1980. The molecule has 0 unspecified atom stereocenters. The van der Waals surface area contributed by atoms with Gasteiger partial charge in [0.25, 0.3) is 5.91 Å². The average molecular weight is 691 g/mol. The highest BCUT2D eigenvalue weighted by Crippen LogP contribution is 2.56. The Morgan fingerprint density at radius 2 is 1.55 bits per heavy atom. The van der Waals surface area contributed by atoms with Crippen LogP contribution in [-0.2, 0) is 26.4 Å². The number of esters is 1. The van der Waals surface area contributed by atoms with Gasteiger partial charge in [0.15, 0.2) is 5.60 Å². The van der Waals surface area contributed by atoms with Gasteiger partial charge in [0, 0.05) is 70.0 Å². The molecule has 0 saturated heterocycles. The fourth-order valence-electron chi connectivity index (χ4n) is 6.00. The number of rotatable bonds is 11. The predicted molar refractivity (Wildman–Crippen MR) is 177 cm³/mol. The third-order valence-corrected chi connectivity index (χ3v) is 8.62. The van der Waals surface area contributed by atoms with E-state index in [1.807, 2.05) is 0 Å². The standard InChI is InChI=1S/C34H32FN4O9P/c35-18-20-14-23(8-12-28(20)48-49(43,44)45)39-31(40)4-2-1-3-13-38-32(41)19-5-9-25-24(15-19)33(42)47-34(25)26-10-6-21(36)16-29(26)46-30-17-22(37)7-11-27(30)34/h5-12,14-17H,1-4,13,18,36-37H2,(H,38,41)(H,39,40)(H2,43,44,45). The molecule has 0 saturated carbocycles. The molecule has 0 aliphatic carbocycles.